The normalized spacial score (nSPS) is 17.4. The minimum atomic E-state index is -0.387. The molecule has 0 saturated carbocycles. The van der Waals surface area contributed by atoms with Gasteiger partial charge in [0.2, 0.25) is 0 Å². The molecule has 2 heterocycles. The molecule has 150 valence electrons. The molecule has 6 heteroatoms. The summed E-state index contributed by atoms with van der Waals surface area (Å²) in [6, 6.07) is 18.3. The Hall–Kier alpha value is -2.57. The second-order valence-corrected chi connectivity index (χ2v) is 8.48. The van der Waals surface area contributed by atoms with Crippen molar-refractivity contribution >= 4 is 12.6 Å². The van der Waals surface area contributed by atoms with Crippen molar-refractivity contribution in [3.63, 3.8) is 0 Å². The van der Waals surface area contributed by atoms with Crippen LogP contribution in [0.25, 0.3) is 0 Å². The minimum Gasteiger partial charge on any atom is -0.489 e. The predicted octanol–water partition coefficient (Wildman–Crippen LogP) is 3.81. The highest BCUT2D eigenvalue weighted by Crippen LogP contribution is 2.36. The van der Waals surface area contributed by atoms with Crippen molar-refractivity contribution in [3.8, 4) is 5.75 Å². The Bertz CT molecular complexity index is 936. The van der Waals surface area contributed by atoms with Gasteiger partial charge in [-0.3, -0.25) is 4.68 Å². The van der Waals surface area contributed by atoms with Crippen LogP contribution >= 0.6 is 0 Å². The van der Waals surface area contributed by atoms with Gasteiger partial charge in [-0.05, 0) is 51.0 Å². The Morgan fingerprint density at radius 1 is 0.897 bits per heavy atom. The van der Waals surface area contributed by atoms with Crippen LogP contribution in [0.15, 0.2) is 67.0 Å². The molecular formula is C23H27BN2O3. The lowest BCUT2D eigenvalue weighted by molar-refractivity contribution is 0.00578. The summed E-state index contributed by atoms with van der Waals surface area (Å²) < 4.78 is 20.0. The molecule has 1 aromatic heterocycles. The maximum absolute atomic E-state index is 6.10. The first-order valence-electron chi connectivity index (χ1n) is 9.96. The van der Waals surface area contributed by atoms with E-state index in [1.807, 2.05) is 47.4 Å². The topological polar surface area (TPSA) is 45.5 Å². The molecule has 0 amide bonds. The summed E-state index contributed by atoms with van der Waals surface area (Å²) >= 11 is 0. The Balaban J connectivity index is 1.35. The van der Waals surface area contributed by atoms with Crippen LogP contribution in [0.3, 0.4) is 0 Å². The van der Waals surface area contributed by atoms with Crippen LogP contribution in [0, 0.1) is 0 Å². The first kappa shape index (κ1) is 19.7. The highest BCUT2D eigenvalue weighted by Gasteiger charge is 2.52. The third-order valence-electron chi connectivity index (χ3n) is 5.69. The first-order valence-corrected chi connectivity index (χ1v) is 9.96. The van der Waals surface area contributed by atoms with Crippen LogP contribution in [0.4, 0.5) is 0 Å². The molecule has 1 aliphatic rings. The largest absolute Gasteiger partial charge is 0.498 e. The number of aromatic nitrogens is 2. The SMILES string of the molecule is CC1(C)OB(c2cnn(Cc3ccc(OCc4ccccc4)cc3)c2)OC1(C)C. The van der Waals surface area contributed by atoms with Gasteiger partial charge in [-0.2, -0.15) is 5.10 Å². The molecule has 0 N–H and O–H groups in total. The molecule has 29 heavy (non-hydrogen) atoms. The molecular weight excluding hydrogens is 363 g/mol. The first-order chi connectivity index (χ1) is 13.8. The van der Waals surface area contributed by atoms with Crippen molar-refractivity contribution in [1.29, 1.82) is 0 Å². The van der Waals surface area contributed by atoms with Gasteiger partial charge in [0, 0.05) is 17.9 Å². The van der Waals surface area contributed by atoms with Crippen molar-refractivity contribution in [2.75, 3.05) is 0 Å². The quantitative estimate of drug-likeness (QED) is 0.601. The van der Waals surface area contributed by atoms with Gasteiger partial charge in [-0.15, -0.1) is 0 Å². The van der Waals surface area contributed by atoms with E-state index in [0.717, 1.165) is 22.3 Å². The van der Waals surface area contributed by atoms with E-state index in [9.17, 15) is 0 Å². The molecule has 0 unspecified atom stereocenters. The molecule has 1 aliphatic heterocycles. The number of hydrogen-bond donors (Lipinski definition) is 0. The molecule has 5 nitrogen and oxygen atoms in total. The van der Waals surface area contributed by atoms with Gasteiger partial charge in [0.15, 0.2) is 0 Å². The van der Waals surface area contributed by atoms with E-state index in [2.05, 4.69) is 57.1 Å². The summed E-state index contributed by atoms with van der Waals surface area (Å²) in [6.07, 6.45) is 3.81. The van der Waals surface area contributed by atoms with Crippen molar-refractivity contribution in [1.82, 2.24) is 9.78 Å². The number of nitrogens with zero attached hydrogens (tertiary/aromatic N) is 2. The maximum atomic E-state index is 6.10. The summed E-state index contributed by atoms with van der Waals surface area (Å²) in [5.41, 5.74) is 2.54. The predicted molar refractivity (Wildman–Crippen MR) is 114 cm³/mol. The second-order valence-electron chi connectivity index (χ2n) is 8.48. The second kappa shape index (κ2) is 7.69. The molecule has 0 spiro atoms. The molecule has 0 aliphatic carbocycles. The van der Waals surface area contributed by atoms with E-state index in [1.165, 1.54) is 0 Å². The summed E-state index contributed by atoms with van der Waals surface area (Å²) in [5, 5.41) is 4.48. The summed E-state index contributed by atoms with van der Waals surface area (Å²) in [4.78, 5) is 0. The average molecular weight is 390 g/mol. The van der Waals surface area contributed by atoms with Crippen molar-refractivity contribution in [2.45, 2.75) is 52.0 Å². The third kappa shape index (κ3) is 4.39. The minimum absolute atomic E-state index is 0.352. The lowest BCUT2D eigenvalue weighted by Gasteiger charge is -2.32. The van der Waals surface area contributed by atoms with Gasteiger partial charge in [0.25, 0.3) is 0 Å². The summed E-state index contributed by atoms with van der Waals surface area (Å²) in [6.45, 7) is 9.46. The number of hydrogen-bond acceptors (Lipinski definition) is 4. The average Bonchev–Trinajstić information content (AvgIpc) is 3.24. The summed E-state index contributed by atoms with van der Waals surface area (Å²) in [5.74, 6) is 0.857. The molecule has 0 bridgehead atoms. The monoisotopic (exact) mass is 390 g/mol. The molecule has 1 saturated heterocycles. The molecule has 0 radical (unpaired) electrons. The van der Waals surface area contributed by atoms with Crippen LogP contribution in [0.2, 0.25) is 0 Å². The Morgan fingerprint density at radius 3 is 2.21 bits per heavy atom. The zero-order valence-corrected chi connectivity index (χ0v) is 17.5. The lowest BCUT2D eigenvalue weighted by Crippen LogP contribution is -2.41. The zero-order chi connectivity index (χ0) is 20.5. The maximum Gasteiger partial charge on any atom is 0.498 e. The van der Waals surface area contributed by atoms with Gasteiger partial charge < -0.3 is 14.0 Å². The van der Waals surface area contributed by atoms with Crippen molar-refractivity contribution in [2.24, 2.45) is 0 Å². The van der Waals surface area contributed by atoms with E-state index in [4.69, 9.17) is 14.0 Å². The fraction of sp³-hybridized carbons (Fsp3) is 0.348. The van der Waals surface area contributed by atoms with Crippen LogP contribution in [-0.4, -0.2) is 28.1 Å². The molecule has 3 aromatic rings. The number of rotatable bonds is 6. The Kier molecular flexibility index (Phi) is 5.24. The molecule has 1 fully saturated rings. The fourth-order valence-corrected chi connectivity index (χ4v) is 3.19. The highest BCUT2D eigenvalue weighted by atomic mass is 16.7. The van der Waals surface area contributed by atoms with Gasteiger partial charge in [-0.1, -0.05) is 42.5 Å². The van der Waals surface area contributed by atoms with E-state index in [0.29, 0.717) is 13.2 Å². The standard InChI is InChI=1S/C23H27BN2O3/c1-22(2)23(3,4)29-24(28-22)20-14-25-26(16-20)15-18-10-12-21(13-11-18)27-17-19-8-6-5-7-9-19/h5-14,16H,15,17H2,1-4H3. The van der Waals surface area contributed by atoms with Gasteiger partial charge >= 0.3 is 7.12 Å². The van der Waals surface area contributed by atoms with Crippen LogP contribution in [0.1, 0.15) is 38.8 Å². The smallest absolute Gasteiger partial charge is 0.489 e. The van der Waals surface area contributed by atoms with E-state index in [1.54, 1.807) is 0 Å². The molecule has 0 atom stereocenters. The molecule has 2 aromatic carbocycles. The van der Waals surface area contributed by atoms with E-state index >= 15 is 0 Å². The number of ether oxygens (including phenoxy) is 1. The fourth-order valence-electron chi connectivity index (χ4n) is 3.19. The van der Waals surface area contributed by atoms with Crippen LogP contribution in [0.5, 0.6) is 5.75 Å². The van der Waals surface area contributed by atoms with Gasteiger partial charge in [0.1, 0.15) is 12.4 Å². The van der Waals surface area contributed by atoms with Crippen molar-refractivity contribution in [3.05, 3.63) is 78.1 Å². The highest BCUT2D eigenvalue weighted by molar-refractivity contribution is 6.62. The number of benzene rings is 2. The lowest BCUT2D eigenvalue weighted by atomic mass is 9.82. The third-order valence-corrected chi connectivity index (χ3v) is 5.69. The van der Waals surface area contributed by atoms with Crippen LogP contribution in [-0.2, 0) is 22.5 Å². The summed E-state index contributed by atoms with van der Waals surface area (Å²) in [7, 11) is -0.387. The van der Waals surface area contributed by atoms with Crippen molar-refractivity contribution < 1.29 is 14.0 Å². The van der Waals surface area contributed by atoms with E-state index in [-0.39, 0.29) is 18.3 Å². The van der Waals surface area contributed by atoms with Gasteiger partial charge in [-0.25, -0.2) is 0 Å². The Labute approximate surface area is 172 Å². The van der Waals surface area contributed by atoms with E-state index < -0.39 is 0 Å². The molecule has 4 rings (SSSR count). The van der Waals surface area contributed by atoms with Crippen LogP contribution < -0.4 is 10.2 Å². The zero-order valence-electron chi connectivity index (χ0n) is 17.5. The Morgan fingerprint density at radius 2 is 1.55 bits per heavy atom. The van der Waals surface area contributed by atoms with Gasteiger partial charge in [0.05, 0.1) is 17.7 Å².